The van der Waals surface area contributed by atoms with Crippen molar-refractivity contribution in [3.05, 3.63) is 34.3 Å². The third kappa shape index (κ3) is 2.59. The highest BCUT2D eigenvalue weighted by Crippen LogP contribution is 2.29. The molecule has 1 aromatic carbocycles. The first-order valence-corrected chi connectivity index (χ1v) is 7.33. The number of hydrogen-bond donors (Lipinski definition) is 1. The van der Waals surface area contributed by atoms with Crippen molar-refractivity contribution >= 4 is 21.8 Å². The van der Waals surface area contributed by atoms with E-state index in [1.165, 1.54) is 12.8 Å². The largest absolute Gasteiger partial charge is 0.348 e. The van der Waals surface area contributed by atoms with Gasteiger partial charge in [0, 0.05) is 29.6 Å². The summed E-state index contributed by atoms with van der Waals surface area (Å²) in [5, 5.41) is 3.14. The molecule has 4 heteroatoms. The zero-order chi connectivity index (χ0) is 12.5. The summed E-state index contributed by atoms with van der Waals surface area (Å²) in [5.41, 5.74) is 0.724. The predicted octanol–water partition coefficient (Wildman–Crippen LogP) is 2.42. The molecular weight excluding hydrogens is 292 g/mol. The zero-order valence-corrected chi connectivity index (χ0v) is 11.8. The summed E-state index contributed by atoms with van der Waals surface area (Å²) in [4.78, 5) is 14.7. The Morgan fingerprint density at radius 3 is 2.78 bits per heavy atom. The second-order valence-corrected chi connectivity index (χ2v) is 6.02. The van der Waals surface area contributed by atoms with E-state index in [9.17, 15) is 4.79 Å². The molecule has 0 aromatic heterocycles. The molecule has 3 rings (SSSR count). The Morgan fingerprint density at radius 2 is 2.06 bits per heavy atom. The lowest BCUT2D eigenvalue weighted by molar-refractivity contribution is 0.0936. The van der Waals surface area contributed by atoms with Crippen LogP contribution in [0, 0.1) is 0 Å². The third-order valence-corrected chi connectivity index (χ3v) is 4.43. The molecule has 3 nitrogen and oxygen atoms in total. The Kier molecular flexibility index (Phi) is 3.39. The molecule has 1 aliphatic heterocycles. The highest BCUT2D eigenvalue weighted by Gasteiger charge is 2.34. The first-order valence-electron chi connectivity index (χ1n) is 6.53. The summed E-state index contributed by atoms with van der Waals surface area (Å²) in [7, 11) is 0. The van der Waals surface area contributed by atoms with Crippen molar-refractivity contribution in [3.8, 4) is 0 Å². The van der Waals surface area contributed by atoms with Crippen LogP contribution in [0.5, 0.6) is 0 Å². The number of benzene rings is 1. The molecule has 1 heterocycles. The van der Waals surface area contributed by atoms with E-state index >= 15 is 0 Å². The van der Waals surface area contributed by atoms with Gasteiger partial charge >= 0.3 is 0 Å². The van der Waals surface area contributed by atoms with Crippen LogP contribution in [-0.2, 0) is 0 Å². The van der Waals surface area contributed by atoms with Gasteiger partial charge in [0.25, 0.3) is 5.91 Å². The number of likely N-dealkylation sites (tertiary alicyclic amines) is 1. The van der Waals surface area contributed by atoms with Crippen LogP contribution < -0.4 is 5.32 Å². The molecule has 0 bridgehead atoms. The van der Waals surface area contributed by atoms with E-state index in [1.807, 2.05) is 24.3 Å². The number of amides is 1. The fourth-order valence-electron chi connectivity index (χ4n) is 2.58. The van der Waals surface area contributed by atoms with Gasteiger partial charge in [0.2, 0.25) is 0 Å². The van der Waals surface area contributed by atoms with Crippen LogP contribution in [0.3, 0.4) is 0 Å². The normalized spacial score (nSPS) is 24.2. The number of halogens is 1. The van der Waals surface area contributed by atoms with Gasteiger partial charge in [-0.25, -0.2) is 0 Å². The lowest BCUT2D eigenvalue weighted by atomic mass is 10.2. The molecule has 2 fully saturated rings. The Labute approximate surface area is 116 Å². The summed E-state index contributed by atoms with van der Waals surface area (Å²) in [6.45, 7) is 2.15. The maximum Gasteiger partial charge on any atom is 0.252 e. The van der Waals surface area contributed by atoms with Gasteiger partial charge in [-0.15, -0.1) is 0 Å². The number of nitrogens with one attached hydrogen (secondary N) is 1. The van der Waals surface area contributed by atoms with Crippen LogP contribution in [0.2, 0.25) is 0 Å². The summed E-state index contributed by atoms with van der Waals surface area (Å²) in [5.74, 6) is 0.0325. The second kappa shape index (κ2) is 5.02. The Hall–Kier alpha value is -0.870. The molecule has 1 aromatic rings. The molecule has 0 radical (unpaired) electrons. The second-order valence-electron chi connectivity index (χ2n) is 5.17. The summed E-state index contributed by atoms with van der Waals surface area (Å²) < 4.78 is 0.861. The molecule has 96 valence electrons. The van der Waals surface area contributed by atoms with E-state index in [1.54, 1.807) is 0 Å². The SMILES string of the molecule is O=C(NC1CCN(C2CC2)C1)c1ccccc1Br. The minimum absolute atomic E-state index is 0.0325. The first-order chi connectivity index (χ1) is 8.74. The highest BCUT2D eigenvalue weighted by molar-refractivity contribution is 9.10. The van der Waals surface area contributed by atoms with Crippen molar-refractivity contribution in [3.63, 3.8) is 0 Å². The average Bonchev–Trinajstić information content (AvgIpc) is 3.11. The van der Waals surface area contributed by atoms with Crippen molar-refractivity contribution in [1.82, 2.24) is 10.2 Å². The number of carbonyl (C=O) groups excluding carboxylic acids is 1. The van der Waals surface area contributed by atoms with Gasteiger partial charge in [-0.3, -0.25) is 9.69 Å². The average molecular weight is 309 g/mol. The topological polar surface area (TPSA) is 32.3 Å². The molecule has 0 spiro atoms. The Bertz CT molecular complexity index is 459. The van der Waals surface area contributed by atoms with Crippen LogP contribution in [0.1, 0.15) is 29.6 Å². The number of nitrogens with zero attached hydrogens (tertiary/aromatic N) is 1. The minimum Gasteiger partial charge on any atom is -0.348 e. The van der Waals surface area contributed by atoms with Crippen molar-refractivity contribution in [2.24, 2.45) is 0 Å². The van der Waals surface area contributed by atoms with Crippen molar-refractivity contribution in [2.45, 2.75) is 31.3 Å². The quantitative estimate of drug-likeness (QED) is 0.930. The lowest BCUT2D eigenvalue weighted by Gasteiger charge is -2.16. The van der Waals surface area contributed by atoms with Crippen LogP contribution in [-0.4, -0.2) is 36.0 Å². The van der Waals surface area contributed by atoms with Crippen molar-refractivity contribution in [1.29, 1.82) is 0 Å². The van der Waals surface area contributed by atoms with E-state index in [4.69, 9.17) is 0 Å². The monoisotopic (exact) mass is 308 g/mol. The van der Waals surface area contributed by atoms with Gasteiger partial charge in [0.1, 0.15) is 0 Å². The smallest absolute Gasteiger partial charge is 0.252 e. The zero-order valence-electron chi connectivity index (χ0n) is 10.2. The number of rotatable bonds is 3. The first kappa shape index (κ1) is 12.2. The molecule has 1 aliphatic carbocycles. The molecule has 1 saturated heterocycles. The summed E-state index contributed by atoms with van der Waals surface area (Å²) in [6, 6.07) is 8.68. The van der Waals surface area contributed by atoms with Gasteiger partial charge in [-0.05, 0) is 47.3 Å². The maximum atomic E-state index is 12.2. The third-order valence-electron chi connectivity index (χ3n) is 3.74. The molecule has 1 amide bonds. The number of hydrogen-bond acceptors (Lipinski definition) is 2. The van der Waals surface area contributed by atoms with E-state index in [-0.39, 0.29) is 5.91 Å². The maximum absolute atomic E-state index is 12.2. The fraction of sp³-hybridized carbons (Fsp3) is 0.500. The van der Waals surface area contributed by atoms with Crippen LogP contribution in [0.25, 0.3) is 0 Å². The van der Waals surface area contributed by atoms with E-state index < -0.39 is 0 Å². The van der Waals surface area contributed by atoms with Gasteiger partial charge in [0.15, 0.2) is 0 Å². The van der Waals surface area contributed by atoms with Crippen molar-refractivity contribution in [2.75, 3.05) is 13.1 Å². The molecule has 1 N–H and O–H groups in total. The van der Waals surface area contributed by atoms with Gasteiger partial charge in [-0.2, -0.15) is 0 Å². The van der Waals surface area contributed by atoms with Crippen molar-refractivity contribution < 1.29 is 4.79 Å². The molecule has 1 saturated carbocycles. The number of carbonyl (C=O) groups is 1. The Morgan fingerprint density at radius 1 is 1.28 bits per heavy atom. The van der Waals surface area contributed by atoms with Crippen LogP contribution >= 0.6 is 15.9 Å². The van der Waals surface area contributed by atoms with E-state index in [0.717, 1.165) is 35.6 Å². The molecule has 18 heavy (non-hydrogen) atoms. The Balaban J connectivity index is 1.60. The predicted molar refractivity (Wildman–Crippen MR) is 74.6 cm³/mol. The molecular formula is C14H17BrN2O. The van der Waals surface area contributed by atoms with Gasteiger partial charge in [-0.1, -0.05) is 12.1 Å². The van der Waals surface area contributed by atoms with E-state index in [2.05, 4.69) is 26.1 Å². The summed E-state index contributed by atoms with van der Waals surface area (Å²) in [6.07, 6.45) is 3.75. The van der Waals surface area contributed by atoms with Crippen LogP contribution in [0.15, 0.2) is 28.7 Å². The standard InChI is InChI=1S/C14H17BrN2O/c15-13-4-2-1-3-12(13)14(18)16-10-7-8-17(9-10)11-5-6-11/h1-4,10-11H,5-9H2,(H,16,18). The lowest BCUT2D eigenvalue weighted by Crippen LogP contribution is -2.37. The molecule has 2 aliphatic rings. The van der Waals surface area contributed by atoms with E-state index in [0.29, 0.717) is 6.04 Å². The minimum atomic E-state index is 0.0325. The van der Waals surface area contributed by atoms with Gasteiger partial charge < -0.3 is 5.32 Å². The molecule has 1 atom stereocenters. The van der Waals surface area contributed by atoms with Gasteiger partial charge in [0.05, 0.1) is 5.56 Å². The highest BCUT2D eigenvalue weighted by atomic mass is 79.9. The fourth-order valence-corrected chi connectivity index (χ4v) is 3.05. The summed E-state index contributed by atoms with van der Waals surface area (Å²) >= 11 is 3.42. The van der Waals surface area contributed by atoms with Crippen LogP contribution in [0.4, 0.5) is 0 Å². The molecule has 1 unspecified atom stereocenters.